The van der Waals surface area contributed by atoms with Crippen LogP contribution >= 0.6 is 27.3 Å². The maximum Gasteiger partial charge on any atom is 0.245 e. The normalized spacial score (nSPS) is 22.7. The van der Waals surface area contributed by atoms with Crippen molar-refractivity contribution in [2.75, 3.05) is 13.6 Å². The van der Waals surface area contributed by atoms with Gasteiger partial charge in [0.25, 0.3) is 0 Å². The lowest BCUT2D eigenvalue weighted by Gasteiger charge is -2.45. The third-order valence-corrected chi connectivity index (χ3v) is 7.06. The molecule has 7 heteroatoms. The number of aromatic amines is 1. The Morgan fingerprint density at radius 1 is 1.27 bits per heavy atom. The lowest BCUT2D eigenvalue weighted by molar-refractivity contribution is -0.157. The molecule has 5 rings (SSSR count). The Kier molecular flexibility index (Phi) is 3.52. The molecule has 1 saturated heterocycles. The quantitative estimate of drug-likeness (QED) is 0.644. The number of aromatic nitrogens is 1. The van der Waals surface area contributed by atoms with Gasteiger partial charge in [0.2, 0.25) is 11.8 Å². The number of benzene rings is 1. The zero-order chi connectivity index (χ0) is 18.0. The summed E-state index contributed by atoms with van der Waals surface area (Å²) in [6, 6.07) is 9.49. The number of H-pyrrole nitrogens is 1. The van der Waals surface area contributed by atoms with Crippen molar-refractivity contribution in [2.45, 2.75) is 18.5 Å². The Morgan fingerprint density at radius 2 is 2.08 bits per heavy atom. The lowest BCUT2D eigenvalue weighted by atomic mass is 9.88. The van der Waals surface area contributed by atoms with E-state index in [9.17, 15) is 9.59 Å². The number of carbonyl (C=O) groups is 2. The van der Waals surface area contributed by atoms with Gasteiger partial charge in [0.05, 0.1) is 6.54 Å². The highest BCUT2D eigenvalue weighted by Gasteiger charge is 2.47. The van der Waals surface area contributed by atoms with E-state index in [4.69, 9.17) is 0 Å². The molecule has 2 amide bonds. The average molecular weight is 430 g/mol. The second kappa shape index (κ2) is 5.69. The van der Waals surface area contributed by atoms with Crippen LogP contribution in [0.2, 0.25) is 0 Å². The fourth-order valence-electron chi connectivity index (χ4n) is 4.18. The van der Waals surface area contributed by atoms with Crippen molar-refractivity contribution in [3.05, 3.63) is 56.3 Å². The fourth-order valence-corrected chi connectivity index (χ4v) is 5.73. The van der Waals surface area contributed by atoms with Crippen molar-refractivity contribution in [2.24, 2.45) is 0 Å². The summed E-state index contributed by atoms with van der Waals surface area (Å²) in [5, 5.41) is 3.15. The molecule has 0 spiro atoms. The van der Waals surface area contributed by atoms with Gasteiger partial charge in [0.15, 0.2) is 0 Å². The molecule has 2 atom stereocenters. The van der Waals surface area contributed by atoms with E-state index in [2.05, 4.69) is 27.0 Å². The zero-order valence-corrected chi connectivity index (χ0v) is 16.4. The van der Waals surface area contributed by atoms with Crippen LogP contribution in [0, 0.1) is 0 Å². The minimum Gasteiger partial charge on any atom is -0.356 e. The maximum absolute atomic E-state index is 12.9. The van der Waals surface area contributed by atoms with Crippen molar-refractivity contribution in [1.82, 2.24) is 14.8 Å². The third kappa shape index (κ3) is 2.20. The van der Waals surface area contributed by atoms with Crippen LogP contribution < -0.4 is 0 Å². The minimum atomic E-state index is -0.446. The van der Waals surface area contributed by atoms with Crippen LogP contribution in [0.25, 0.3) is 10.9 Å². The SMILES string of the molecule is CN1CC(=O)N2[C@@H](c3cc(Br)cs3)c3[nH]c4ccccc4c3C[C@@H]2C1=O. The van der Waals surface area contributed by atoms with E-state index in [0.29, 0.717) is 6.42 Å². The first kappa shape index (κ1) is 16.1. The van der Waals surface area contributed by atoms with Gasteiger partial charge in [-0.1, -0.05) is 18.2 Å². The Hall–Kier alpha value is -2.12. The zero-order valence-electron chi connectivity index (χ0n) is 14.0. The van der Waals surface area contributed by atoms with E-state index >= 15 is 0 Å². The number of nitrogens with one attached hydrogen (secondary N) is 1. The molecule has 2 aromatic heterocycles. The number of rotatable bonds is 1. The van der Waals surface area contributed by atoms with Gasteiger partial charge in [0.1, 0.15) is 12.1 Å². The van der Waals surface area contributed by atoms with E-state index in [1.54, 1.807) is 28.2 Å². The van der Waals surface area contributed by atoms with Crippen LogP contribution in [0.5, 0.6) is 0 Å². The first-order valence-electron chi connectivity index (χ1n) is 8.44. The highest BCUT2D eigenvalue weighted by Crippen LogP contribution is 2.44. The summed E-state index contributed by atoms with van der Waals surface area (Å²) in [6.45, 7) is 0.133. The monoisotopic (exact) mass is 429 g/mol. The Labute approximate surface area is 162 Å². The summed E-state index contributed by atoms with van der Waals surface area (Å²) in [6.07, 6.45) is 0.553. The number of nitrogens with zero attached hydrogens (tertiary/aromatic N) is 2. The lowest BCUT2D eigenvalue weighted by Crippen LogP contribution is -2.62. The summed E-state index contributed by atoms with van der Waals surface area (Å²) >= 11 is 5.12. The average Bonchev–Trinajstić information content (AvgIpc) is 3.21. The minimum absolute atomic E-state index is 0.00377. The van der Waals surface area contributed by atoms with Crippen LogP contribution in [0.1, 0.15) is 22.2 Å². The molecule has 1 aromatic carbocycles. The maximum atomic E-state index is 12.9. The molecule has 1 fully saturated rings. The van der Waals surface area contributed by atoms with Crippen LogP contribution in [0.4, 0.5) is 0 Å². The number of carbonyl (C=O) groups excluding carboxylic acids is 2. The van der Waals surface area contributed by atoms with E-state index in [-0.39, 0.29) is 24.4 Å². The molecule has 132 valence electrons. The highest BCUT2D eigenvalue weighted by molar-refractivity contribution is 9.10. The molecule has 5 nitrogen and oxygen atoms in total. The smallest absolute Gasteiger partial charge is 0.245 e. The van der Waals surface area contributed by atoms with Crippen LogP contribution in [-0.2, 0) is 16.0 Å². The largest absolute Gasteiger partial charge is 0.356 e. The van der Waals surface area contributed by atoms with Crippen LogP contribution in [0.15, 0.2) is 40.2 Å². The molecule has 2 aliphatic rings. The van der Waals surface area contributed by atoms with E-state index in [1.165, 1.54) is 0 Å². The van der Waals surface area contributed by atoms with Gasteiger partial charge in [-0.2, -0.15) is 0 Å². The van der Waals surface area contributed by atoms with Gasteiger partial charge in [0, 0.05) is 44.8 Å². The van der Waals surface area contributed by atoms with E-state index in [1.807, 2.05) is 29.6 Å². The molecule has 1 N–H and O–H groups in total. The molecule has 0 aliphatic carbocycles. The van der Waals surface area contributed by atoms with Crippen LogP contribution in [-0.4, -0.2) is 46.2 Å². The molecule has 0 saturated carbocycles. The number of amides is 2. The first-order valence-corrected chi connectivity index (χ1v) is 10.1. The van der Waals surface area contributed by atoms with Crippen molar-refractivity contribution in [1.29, 1.82) is 0 Å². The molecular weight excluding hydrogens is 414 g/mol. The molecule has 0 bridgehead atoms. The molecule has 0 unspecified atom stereocenters. The molecule has 4 heterocycles. The van der Waals surface area contributed by atoms with E-state index in [0.717, 1.165) is 31.5 Å². The summed E-state index contributed by atoms with van der Waals surface area (Å²) in [7, 11) is 1.71. The summed E-state index contributed by atoms with van der Waals surface area (Å²) in [4.78, 5) is 33.7. The number of fused-ring (bicyclic) bond motifs is 4. The Balaban J connectivity index is 1.77. The van der Waals surface area contributed by atoms with Crippen molar-refractivity contribution >= 4 is 50.0 Å². The van der Waals surface area contributed by atoms with Gasteiger partial charge in [-0.3, -0.25) is 9.59 Å². The number of hydrogen-bond acceptors (Lipinski definition) is 3. The molecule has 2 aliphatic heterocycles. The predicted octanol–water partition coefficient (Wildman–Crippen LogP) is 3.31. The fraction of sp³-hybridized carbons (Fsp3) is 0.263. The number of thiophene rings is 1. The van der Waals surface area contributed by atoms with Crippen molar-refractivity contribution in [3.8, 4) is 0 Å². The van der Waals surface area contributed by atoms with Gasteiger partial charge in [-0.05, 0) is 33.6 Å². The van der Waals surface area contributed by atoms with Crippen molar-refractivity contribution < 1.29 is 9.59 Å². The number of halogens is 1. The van der Waals surface area contributed by atoms with Gasteiger partial charge in [-0.15, -0.1) is 11.3 Å². The van der Waals surface area contributed by atoms with Gasteiger partial charge in [-0.25, -0.2) is 0 Å². The number of piperazine rings is 1. The number of hydrogen-bond donors (Lipinski definition) is 1. The highest BCUT2D eigenvalue weighted by atomic mass is 79.9. The summed E-state index contributed by atoms with van der Waals surface area (Å²) in [5.74, 6) is 0.0112. The molecular formula is C19H16BrN3O2S. The van der Waals surface area contributed by atoms with Gasteiger partial charge < -0.3 is 14.8 Å². The topological polar surface area (TPSA) is 56.4 Å². The number of likely N-dealkylation sites (N-methyl/N-ethyl adjacent to an activating group) is 1. The standard InChI is InChI=1S/C19H16BrN3O2S/c1-22-8-16(24)23-14(19(22)25)7-12-11-4-2-3-5-13(11)21-17(12)18(23)15-6-10(20)9-26-15/h2-6,9,14,18,21H,7-8H2,1H3/t14-,18+/m1/s1. The Bertz CT molecular complexity index is 1060. The van der Waals surface area contributed by atoms with E-state index < -0.39 is 6.04 Å². The number of para-hydroxylation sites is 1. The third-order valence-electron chi connectivity index (χ3n) is 5.31. The first-order chi connectivity index (χ1) is 12.5. The van der Waals surface area contributed by atoms with Crippen molar-refractivity contribution in [3.63, 3.8) is 0 Å². The molecule has 3 aromatic rings. The summed E-state index contributed by atoms with van der Waals surface area (Å²) in [5.41, 5.74) is 3.22. The summed E-state index contributed by atoms with van der Waals surface area (Å²) < 4.78 is 0.991. The molecule has 26 heavy (non-hydrogen) atoms. The second-order valence-electron chi connectivity index (χ2n) is 6.85. The molecule has 0 radical (unpaired) electrons. The predicted molar refractivity (Wildman–Crippen MR) is 104 cm³/mol. The Morgan fingerprint density at radius 3 is 2.85 bits per heavy atom. The van der Waals surface area contributed by atoms with Crippen LogP contribution in [0.3, 0.4) is 0 Å². The van der Waals surface area contributed by atoms with Gasteiger partial charge >= 0.3 is 0 Å². The second-order valence-corrected chi connectivity index (χ2v) is 8.71.